The van der Waals surface area contributed by atoms with Gasteiger partial charge in [-0.25, -0.2) is 0 Å². The van der Waals surface area contributed by atoms with Gasteiger partial charge in [0.2, 0.25) is 0 Å². The summed E-state index contributed by atoms with van der Waals surface area (Å²) in [4.78, 5) is 0. The van der Waals surface area contributed by atoms with Crippen molar-refractivity contribution in [1.82, 2.24) is 0 Å². The lowest BCUT2D eigenvalue weighted by molar-refractivity contribution is 1.39. The molecule has 0 aliphatic rings. The fourth-order valence-corrected chi connectivity index (χ4v) is 1.14. The van der Waals surface area contributed by atoms with E-state index in [1.54, 1.807) is 6.92 Å². The highest BCUT2D eigenvalue weighted by Crippen LogP contribution is 2.12. The molecule has 1 rings (SSSR count). The van der Waals surface area contributed by atoms with Crippen molar-refractivity contribution in [3.05, 3.63) is 41.5 Å². The highest BCUT2D eigenvalue weighted by atomic mass is 14.4. The lowest BCUT2D eigenvalue weighted by atomic mass is 10.0. The van der Waals surface area contributed by atoms with Crippen molar-refractivity contribution < 1.29 is 0 Å². The van der Waals surface area contributed by atoms with Gasteiger partial charge in [-0.2, -0.15) is 0 Å². The zero-order valence-electron chi connectivity index (χ0n) is 7.52. The van der Waals surface area contributed by atoms with Gasteiger partial charge >= 0.3 is 0 Å². The lowest BCUT2D eigenvalue weighted by Gasteiger charge is -2.03. The zero-order valence-corrected chi connectivity index (χ0v) is 7.52. The second kappa shape index (κ2) is 3.35. The Morgan fingerprint density at radius 2 is 2.17 bits per heavy atom. The molecule has 0 aliphatic heterocycles. The molecule has 0 fully saturated rings. The molecule has 62 valence electrons. The van der Waals surface area contributed by atoms with Crippen LogP contribution in [0.15, 0.2) is 24.8 Å². The SMILES string of the molecule is C=Cc1ccc(C(C)=N)cc1C. The minimum atomic E-state index is 0.605. The molecule has 1 heteroatoms. The number of hydrogen-bond acceptors (Lipinski definition) is 1. The minimum Gasteiger partial charge on any atom is -0.305 e. The first-order valence-corrected chi connectivity index (χ1v) is 3.93. The minimum absolute atomic E-state index is 0.605. The van der Waals surface area contributed by atoms with Crippen LogP contribution in [0.25, 0.3) is 6.08 Å². The van der Waals surface area contributed by atoms with Gasteiger partial charge in [-0.3, -0.25) is 0 Å². The number of aryl methyl sites for hydroxylation is 1. The molecule has 0 aromatic heterocycles. The highest BCUT2D eigenvalue weighted by molar-refractivity contribution is 5.96. The maximum absolute atomic E-state index is 7.43. The van der Waals surface area contributed by atoms with Gasteiger partial charge in [-0.05, 0) is 36.6 Å². The second-order valence-corrected chi connectivity index (χ2v) is 2.90. The molecular formula is C11H13N. The van der Waals surface area contributed by atoms with Crippen molar-refractivity contribution in [3.63, 3.8) is 0 Å². The third-order valence-corrected chi connectivity index (χ3v) is 1.92. The van der Waals surface area contributed by atoms with Gasteiger partial charge in [-0.15, -0.1) is 0 Å². The first kappa shape index (κ1) is 8.72. The summed E-state index contributed by atoms with van der Waals surface area (Å²) in [6.45, 7) is 7.54. The van der Waals surface area contributed by atoms with E-state index in [9.17, 15) is 0 Å². The predicted molar refractivity (Wildman–Crippen MR) is 53.8 cm³/mol. The average molecular weight is 159 g/mol. The first-order chi connectivity index (χ1) is 5.65. The van der Waals surface area contributed by atoms with Crippen LogP contribution in [0.1, 0.15) is 23.6 Å². The van der Waals surface area contributed by atoms with Gasteiger partial charge in [0.25, 0.3) is 0 Å². The first-order valence-electron chi connectivity index (χ1n) is 3.93. The zero-order chi connectivity index (χ0) is 9.14. The number of hydrogen-bond donors (Lipinski definition) is 1. The highest BCUT2D eigenvalue weighted by Gasteiger charge is 1.97. The molecule has 0 bridgehead atoms. The molecule has 1 aromatic rings. The Kier molecular flexibility index (Phi) is 2.44. The Labute approximate surface area is 73.3 Å². The summed E-state index contributed by atoms with van der Waals surface area (Å²) in [5.41, 5.74) is 3.90. The van der Waals surface area contributed by atoms with Crippen LogP contribution in [0.2, 0.25) is 0 Å². The summed E-state index contributed by atoms with van der Waals surface area (Å²) in [6.07, 6.45) is 1.83. The molecule has 0 saturated carbocycles. The molecule has 0 atom stereocenters. The normalized spacial score (nSPS) is 9.50. The van der Waals surface area contributed by atoms with Crippen LogP contribution in [0, 0.1) is 12.3 Å². The van der Waals surface area contributed by atoms with Crippen molar-refractivity contribution in [2.45, 2.75) is 13.8 Å². The van der Waals surface area contributed by atoms with Gasteiger partial charge in [0.1, 0.15) is 0 Å². The molecule has 0 spiro atoms. The summed E-state index contributed by atoms with van der Waals surface area (Å²) < 4.78 is 0. The standard InChI is InChI=1S/C11H13N/c1-4-10-5-6-11(9(3)12)7-8(10)2/h4-7,12H,1H2,2-3H3. The largest absolute Gasteiger partial charge is 0.305 e. The van der Waals surface area contributed by atoms with Gasteiger partial charge in [0.05, 0.1) is 0 Å². The third-order valence-electron chi connectivity index (χ3n) is 1.92. The Morgan fingerprint density at radius 3 is 2.58 bits per heavy atom. The molecule has 0 amide bonds. The summed E-state index contributed by atoms with van der Waals surface area (Å²) >= 11 is 0. The molecule has 1 nitrogen and oxygen atoms in total. The van der Waals surface area contributed by atoms with Crippen molar-refractivity contribution in [1.29, 1.82) is 5.41 Å². The topological polar surface area (TPSA) is 23.9 Å². The average Bonchev–Trinajstić information content (AvgIpc) is 2.04. The number of rotatable bonds is 2. The van der Waals surface area contributed by atoms with E-state index in [4.69, 9.17) is 5.41 Å². The molecule has 12 heavy (non-hydrogen) atoms. The van der Waals surface area contributed by atoms with E-state index >= 15 is 0 Å². The van der Waals surface area contributed by atoms with Crippen LogP contribution in [0.4, 0.5) is 0 Å². The van der Waals surface area contributed by atoms with Crippen LogP contribution < -0.4 is 0 Å². The molecule has 0 aliphatic carbocycles. The van der Waals surface area contributed by atoms with E-state index in [0.29, 0.717) is 5.71 Å². The Hall–Kier alpha value is -1.37. The fraction of sp³-hybridized carbons (Fsp3) is 0.182. The van der Waals surface area contributed by atoms with Crippen LogP contribution in [-0.2, 0) is 0 Å². The summed E-state index contributed by atoms with van der Waals surface area (Å²) in [5, 5.41) is 7.43. The van der Waals surface area contributed by atoms with E-state index in [1.165, 1.54) is 5.56 Å². The van der Waals surface area contributed by atoms with Crippen LogP contribution >= 0.6 is 0 Å². The monoisotopic (exact) mass is 159 g/mol. The van der Waals surface area contributed by atoms with Crippen molar-refractivity contribution in [3.8, 4) is 0 Å². The fourth-order valence-electron chi connectivity index (χ4n) is 1.14. The predicted octanol–water partition coefficient (Wildman–Crippen LogP) is 3.03. The number of nitrogens with one attached hydrogen (secondary N) is 1. The maximum Gasteiger partial charge on any atom is 0.0355 e. The molecule has 0 heterocycles. The summed E-state index contributed by atoms with van der Waals surface area (Å²) in [6, 6.07) is 5.96. The van der Waals surface area contributed by atoms with E-state index < -0.39 is 0 Å². The van der Waals surface area contributed by atoms with E-state index in [2.05, 4.69) is 6.58 Å². The van der Waals surface area contributed by atoms with Crippen LogP contribution in [0.3, 0.4) is 0 Å². The number of benzene rings is 1. The Morgan fingerprint density at radius 1 is 1.50 bits per heavy atom. The molecule has 1 N–H and O–H groups in total. The molecule has 0 saturated heterocycles. The van der Waals surface area contributed by atoms with Gasteiger partial charge in [0, 0.05) is 5.71 Å². The van der Waals surface area contributed by atoms with Crippen LogP contribution in [0.5, 0.6) is 0 Å². The molecule has 0 unspecified atom stereocenters. The van der Waals surface area contributed by atoms with E-state index in [0.717, 1.165) is 11.1 Å². The Balaban J connectivity index is 3.18. The smallest absolute Gasteiger partial charge is 0.0355 e. The van der Waals surface area contributed by atoms with Gasteiger partial charge in [0.15, 0.2) is 0 Å². The lowest BCUT2D eigenvalue weighted by Crippen LogP contribution is -1.93. The van der Waals surface area contributed by atoms with E-state index in [1.807, 2.05) is 31.2 Å². The molecule has 0 radical (unpaired) electrons. The van der Waals surface area contributed by atoms with Crippen molar-refractivity contribution in [2.75, 3.05) is 0 Å². The molecule has 1 aromatic carbocycles. The van der Waals surface area contributed by atoms with Crippen LogP contribution in [-0.4, -0.2) is 5.71 Å². The van der Waals surface area contributed by atoms with Gasteiger partial charge < -0.3 is 5.41 Å². The Bertz CT molecular complexity index is 324. The summed E-state index contributed by atoms with van der Waals surface area (Å²) in [7, 11) is 0. The maximum atomic E-state index is 7.43. The second-order valence-electron chi connectivity index (χ2n) is 2.90. The summed E-state index contributed by atoms with van der Waals surface area (Å²) in [5.74, 6) is 0. The van der Waals surface area contributed by atoms with Crippen molar-refractivity contribution >= 4 is 11.8 Å². The quantitative estimate of drug-likeness (QED) is 0.641. The third kappa shape index (κ3) is 1.62. The van der Waals surface area contributed by atoms with E-state index in [-0.39, 0.29) is 0 Å². The molecular weight excluding hydrogens is 146 g/mol. The van der Waals surface area contributed by atoms with Gasteiger partial charge in [-0.1, -0.05) is 24.8 Å². The van der Waals surface area contributed by atoms with Crippen molar-refractivity contribution in [2.24, 2.45) is 0 Å².